The van der Waals surface area contributed by atoms with Crippen molar-refractivity contribution in [2.75, 3.05) is 5.32 Å². The van der Waals surface area contributed by atoms with Crippen molar-refractivity contribution in [1.29, 1.82) is 5.26 Å². The number of carbonyl (C=O) groups excluding carboxylic acids is 1. The minimum absolute atomic E-state index is 0.220. The summed E-state index contributed by atoms with van der Waals surface area (Å²) >= 11 is 0. The maximum Gasteiger partial charge on any atom is 0.319 e. The summed E-state index contributed by atoms with van der Waals surface area (Å²) in [7, 11) is 0. The maximum absolute atomic E-state index is 11.8. The zero-order valence-electron chi connectivity index (χ0n) is 11.3. The number of benzene rings is 1. The second kappa shape index (κ2) is 5.93. The number of rotatable bonds is 3. The topological polar surface area (TPSA) is 78.1 Å². The highest BCUT2D eigenvalue weighted by Crippen LogP contribution is 2.16. The molecular weight excluding hydrogens is 254 g/mol. The molecule has 1 atom stereocenters. The summed E-state index contributed by atoms with van der Waals surface area (Å²) in [6, 6.07) is 11.8. The molecule has 2 amide bonds. The van der Waals surface area contributed by atoms with Crippen LogP contribution in [-0.4, -0.2) is 6.03 Å². The summed E-state index contributed by atoms with van der Waals surface area (Å²) < 4.78 is 5.45. The first-order valence-corrected chi connectivity index (χ1v) is 6.22. The number of furan rings is 1. The number of nitriles is 1. The first kappa shape index (κ1) is 13.7. The lowest BCUT2D eigenvalue weighted by molar-refractivity contribution is 0.247. The number of anilines is 1. The van der Waals surface area contributed by atoms with Crippen molar-refractivity contribution in [2.45, 2.75) is 19.9 Å². The summed E-state index contributed by atoms with van der Waals surface area (Å²) in [6.45, 7) is 3.70. The summed E-state index contributed by atoms with van der Waals surface area (Å²) in [5.41, 5.74) is 1.18. The Hall–Kier alpha value is -2.74. The molecule has 0 radical (unpaired) electrons. The molecule has 0 saturated carbocycles. The Labute approximate surface area is 117 Å². The molecule has 0 spiro atoms. The van der Waals surface area contributed by atoms with Gasteiger partial charge in [0.05, 0.1) is 17.7 Å². The molecular formula is C15H15N3O2. The minimum atomic E-state index is -0.323. The predicted octanol–water partition coefficient (Wildman–Crippen LogP) is 3.34. The Morgan fingerprint density at radius 3 is 2.50 bits per heavy atom. The van der Waals surface area contributed by atoms with Gasteiger partial charge in [-0.2, -0.15) is 5.26 Å². The Balaban J connectivity index is 1.93. The molecule has 20 heavy (non-hydrogen) atoms. The van der Waals surface area contributed by atoms with E-state index in [0.29, 0.717) is 17.0 Å². The number of hydrogen-bond acceptors (Lipinski definition) is 3. The third-order valence-corrected chi connectivity index (χ3v) is 2.81. The Kier molecular flexibility index (Phi) is 4.06. The molecule has 0 aliphatic rings. The molecule has 0 bridgehead atoms. The van der Waals surface area contributed by atoms with Crippen molar-refractivity contribution in [2.24, 2.45) is 0 Å². The van der Waals surface area contributed by atoms with E-state index >= 15 is 0 Å². The van der Waals surface area contributed by atoms with Gasteiger partial charge in [-0.05, 0) is 50.2 Å². The van der Waals surface area contributed by atoms with Gasteiger partial charge in [0.25, 0.3) is 0 Å². The third kappa shape index (κ3) is 3.39. The molecule has 2 aromatic rings. The molecule has 0 aliphatic carbocycles. The molecule has 2 rings (SSSR count). The van der Waals surface area contributed by atoms with Crippen molar-refractivity contribution in [3.63, 3.8) is 0 Å². The molecule has 1 aromatic carbocycles. The van der Waals surface area contributed by atoms with Crippen molar-refractivity contribution < 1.29 is 9.21 Å². The maximum atomic E-state index is 11.8. The van der Waals surface area contributed by atoms with Crippen LogP contribution in [0, 0.1) is 18.3 Å². The van der Waals surface area contributed by atoms with Gasteiger partial charge in [-0.25, -0.2) is 4.79 Å². The van der Waals surface area contributed by atoms with Crippen LogP contribution in [0.1, 0.15) is 30.0 Å². The number of nitrogens with one attached hydrogen (secondary N) is 2. The first-order valence-electron chi connectivity index (χ1n) is 6.22. The number of carbonyl (C=O) groups is 1. The lowest BCUT2D eigenvalue weighted by atomic mass is 10.2. The molecule has 102 valence electrons. The lowest BCUT2D eigenvalue weighted by Gasteiger charge is -2.12. The van der Waals surface area contributed by atoms with Gasteiger partial charge < -0.3 is 15.1 Å². The number of urea groups is 1. The first-order chi connectivity index (χ1) is 9.58. The van der Waals surface area contributed by atoms with E-state index in [2.05, 4.69) is 10.6 Å². The number of amides is 2. The highest BCUT2D eigenvalue weighted by atomic mass is 16.3. The van der Waals surface area contributed by atoms with E-state index < -0.39 is 0 Å². The van der Waals surface area contributed by atoms with Crippen LogP contribution in [0.25, 0.3) is 0 Å². The molecule has 2 N–H and O–H groups in total. The van der Waals surface area contributed by atoms with Crippen LogP contribution in [0.3, 0.4) is 0 Å². The monoisotopic (exact) mass is 269 g/mol. The molecule has 0 aliphatic heterocycles. The van der Waals surface area contributed by atoms with Crippen LogP contribution in [0.4, 0.5) is 10.5 Å². The standard InChI is InChI=1S/C15H15N3O2/c1-10-3-8-14(20-10)11(2)17-15(19)18-13-6-4-12(9-16)5-7-13/h3-8,11H,1-2H3,(H2,17,18,19)/t11-/m0/s1. The quantitative estimate of drug-likeness (QED) is 0.897. The fourth-order valence-electron chi connectivity index (χ4n) is 1.75. The molecule has 0 saturated heterocycles. The van der Waals surface area contributed by atoms with E-state index in [9.17, 15) is 4.79 Å². The van der Waals surface area contributed by atoms with Crippen LogP contribution in [-0.2, 0) is 0 Å². The lowest BCUT2D eigenvalue weighted by Crippen LogP contribution is -2.30. The number of aryl methyl sites for hydroxylation is 1. The number of nitrogens with zero attached hydrogens (tertiary/aromatic N) is 1. The normalized spacial score (nSPS) is 11.4. The average molecular weight is 269 g/mol. The van der Waals surface area contributed by atoms with Crippen LogP contribution in [0.15, 0.2) is 40.8 Å². The van der Waals surface area contributed by atoms with Crippen LogP contribution >= 0.6 is 0 Å². The minimum Gasteiger partial charge on any atom is -0.464 e. The van der Waals surface area contributed by atoms with Gasteiger partial charge in [0.1, 0.15) is 11.5 Å². The van der Waals surface area contributed by atoms with E-state index in [0.717, 1.165) is 5.76 Å². The Bertz CT molecular complexity index is 638. The molecule has 5 heteroatoms. The van der Waals surface area contributed by atoms with Gasteiger partial charge in [-0.3, -0.25) is 0 Å². The van der Waals surface area contributed by atoms with Gasteiger partial charge in [0, 0.05) is 5.69 Å². The van der Waals surface area contributed by atoms with Crippen molar-refractivity contribution in [3.8, 4) is 6.07 Å². The second-order valence-electron chi connectivity index (χ2n) is 4.46. The molecule has 0 fully saturated rings. The zero-order chi connectivity index (χ0) is 14.5. The van der Waals surface area contributed by atoms with Gasteiger partial charge in [0.2, 0.25) is 0 Å². The van der Waals surface area contributed by atoms with Crippen LogP contribution in [0.5, 0.6) is 0 Å². The highest BCUT2D eigenvalue weighted by Gasteiger charge is 2.12. The summed E-state index contributed by atoms with van der Waals surface area (Å²) in [5, 5.41) is 14.2. The summed E-state index contributed by atoms with van der Waals surface area (Å²) in [4.78, 5) is 11.8. The van der Waals surface area contributed by atoms with Crippen molar-refractivity contribution >= 4 is 11.7 Å². The smallest absolute Gasteiger partial charge is 0.319 e. The van der Waals surface area contributed by atoms with E-state index in [1.54, 1.807) is 24.3 Å². The summed E-state index contributed by atoms with van der Waals surface area (Å²) in [6.07, 6.45) is 0. The molecule has 1 aromatic heterocycles. The van der Waals surface area contributed by atoms with Gasteiger partial charge in [-0.15, -0.1) is 0 Å². The van der Waals surface area contributed by atoms with E-state index in [4.69, 9.17) is 9.68 Å². The van der Waals surface area contributed by atoms with Crippen LogP contribution < -0.4 is 10.6 Å². The van der Waals surface area contributed by atoms with Gasteiger partial charge in [-0.1, -0.05) is 0 Å². The van der Waals surface area contributed by atoms with E-state index in [1.807, 2.05) is 32.0 Å². The second-order valence-corrected chi connectivity index (χ2v) is 4.46. The highest BCUT2D eigenvalue weighted by molar-refractivity contribution is 5.89. The fraction of sp³-hybridized carbons (Fsp3) is 0.200. The SMILES string of the molecule is Cc1ccc([C@H](C)NC(=O)Nc2ccc(C#N)cc2)o1. The van der Waals surface area contributed by atoms with E-state index in [-0.39, 0.29) is 12.1 Å². The zero-order valence-corrected chi connectivity index (χ0v) is 11.3. The Morgan fingerprint density at radius 2 is 1.95 bits per heavy atom. The largest absolute Gasteiger partial charge is 0.464 e. The molecule has 5 nitrogen and oxygen atoms in total. The average Bonchev–Trinajstić information content (AvgIpc) is 2.86. The molecule has 0 unspecified atom stereocenters. The Morgan fingerprint density at radius 1 is 1.25 bits per heavy atom. The van der Waals surface area contributed by atoms with Gasteiger partial charge >= 0.3 is 6.03 Å². The summed E-state index contributed by atoms with van der Waals surface area (Å²) in [5.74, 6) is 1.51. The molecule has 1 heterocycles. The van der Waals surface area contributed by atoms with Crippen LogP contribution in [0.2, 0.25) is 0 Å². The predicted molar refractivity (Wildman–Crippen MR) is 75.2 cm³/mol. The fourth-order valence-corrected chi connectivity index (χ4v) is 1.75. The van der Waals surface area contributed by atoms with Crippen molar-refractivity contribution in [1.82, 2.24) is 5.32 Å². The number of hydrogen-bond donors (Lipinski definition) is 2. The third-order valence-electron chi connectivity index (χ3n) is 2.81. The van der Waals surface area contributed by atoms with Gasteiger partial charge in [0.15, 0.2) is 0 Å². The van der Waals surface area contributed by atoms with Crippen molar-refractivity contribution in [3.05, 3.63) is 53.5 Å². The van der Waals surface area contributed by atoms with E-state index in [1.165, 1.54) is 0 Å².